The molecule has 0 aromatic heterocycles. The van der Waals surface area contributed by atoms with Crippen LogP contribution < -0.4 is 0 Å². The molecule has 1 heteroatoms. The van der Waals surface area contributed by atoms with Gasteiger partial charge in [0.1, 0.15) is 0 Å². The van der Waals surface area contributed by atoms with Crippen LogP contribution in [-0.4, -0.2) is 8.07 Å². The molecule has 2 aliphatic carbocycles. The van der Waals surface area contributed by atoms with Crippen molar-refractivity contribution in [3.8, 4) is 0 Å². The number of hydrogen-bond donors (Lipinski definition) is 0. The van der Waals surface area contributed by atoms with Crippen molar-refractivity contribution >= 4 is 8.07 Å². The van der Waals surface area contributed by atoms with Crippen LogP contribution in [-0.2, 0) is 0 Å². The second kappa shape index (κ2) is 5.36. The molecule has 0 radical (unpaired) electrons. The predicted molar refractivity (Wildman–Crippen MR) is 93.8 cm³/mol. The van der Waals surface area contributed by atoms with Gasteiger partial charge in [0.25, 0.3) is 0 Å². The van der Waals surface area contributed by atoms with Gasteiger partial charge in [-0.05, 0) is 61.9 Å². The fraction of sp³-hybridized carbons (Fsp3) is 0.474. The van der Waals surface area contributed by atoms with Gasteiger partial charge in [0.15, 0.2) is 0 Å². The Bertz CT molecular complexity index is 528. The lowest BCUT2D eigenvalue weighted by molar-refractivity contribution is 1.03. The molecule has 0 saturated heterocycles. The molecule has 1 unspecified atom stereocenters. The van der Waals surface area contributed by atoms with Crippen molar-refractivity contribution in [1.82, 2.24) is 0 Å². The van der Waals surface area contributed by atoms with Crippen molar-refractivity contribution in [1.29, 1.82) is 0 Å². The van der Waals surface area contributed by atoms with Crippen LogP contribution in [0.2, 0.25) is 24.2 Å². The Kier molecular flexibility index (Phi) is 4.11. The number of hydrogen-bond acceptors (Lipinski definition) is 0. The van der Waals surface area contributed by atoms with Crippen LogP contribution in [0, 0.1) is 0 Å². The Morgan fingerprint density at radius 1 is 1.10 bits per heavy atom. The summed E-state index contributed by atoms with van der Waals surface area (Å²) >= 11 is 0. The van der Waals surface area contributed by atoms with Crippen molar-refractivity contribution in [2.75, 3.05) is 0 Å². The molecule has 0 nitrogen and oxygen atoms in total. The zero-order valence-electron chi connectivity index (χ0n) is 13.9. The van der Waals surface area contributed by atoms with Crippen LogP contribution in [0.1, 0.15) is 34.1 Å². The SMILES string of the molecule is C=CCC1=CC([Si](C)(C)C2C(C)=C(C)C(C)=C2C)C=C1. The third kappa shape index (κ3) is 2.33. The molecule has 0 N–H and O–H groups in total. The first-order valence-corrected chi connectivity index (χ1v) is 10.8. The van der Waals surface area contributed by atoms with Gasteiger partial charge in [0.05, 0.1) is 8.07 Å². The Balaban J connectivity index is 2.34. The fourth-order valence-corrected chi connectivity index (χ4v) is 8.28. The van der Waals surface area contributed by atoms with E-state index in [1.54, 1.807) is 11.1 Å². The lowest BCUT2D eigenvalue weighted by Crippen LogP contribution is -2.37. The van der Waals surface area contributed by atoms with Gasteiger partial charge in [-0.25, -0.2) is 0 Å². The van der Waals surface area contributed by atoms with Gasteiger partial charge in [-0.3, -0.25) is 0 Å². The first kappa shape index (κ1) is 15.3. The molecule has 2 rings (SSSR count). The molecule has 0 aliphatic heterocycles. The summed E-state index contributed by atoms with van der Waals surface area (Å²) in [6.07, 6.45) is 10.3. The Morgan fingerprint density at radius 2 is 1.65 bits per heavy atom. The Labute approximate surface area is 125 Å². The summed E-state index contributed by atoms with van der Waals surface area (Å²) in [7, 11) is -1.43. The monoisotopic (exact) mass is 284 g/mol. The highest BCUT2D eigenvalue weighted by Gasteiger charge is 2.43. The van der Waals surface area contributed by atoms with Gasteiger partial charge < -0.3 is 0 Å². The number of allylic oxidation sites excluding steroid dienone is 9. The molecule has 0 fully saturated rings. The molecule has 0 aromatic carbocycles. The van der Waals surface area contributed by atoms with Crippen LogP contribution in [0.15, 0.2) is 58.7 Å². The van der Waals surface area contributed by atoms with Crippen LogP contribution in [0.25, 0.3) is 0 Å². The molecule has 1 atom stereocenters. The second-order valence-electron chi connectivity index (χ2n) is 6.99. The normalized spacial score (nSPS) is 23.9. The van der Waals surface area contributed by atoms with Gasteiger partial charge in [0.2, 0.25) is 0 Å². The molecule has 108 valence electrons. The van der Waals surface area contributed by atoms with Gasteiger partial charge >= 0.3 is 0 Å². The average molecular weight is 285 g/mol. The molecule has 0 aromatic rings. The average Bonchev–Trinajstić information content (AvgIpc) is 2.92. The van der Waals surface area contributed by atoms with E-state index in [4.69, 9.17) is 0 Å². The summed E-state index contributed by atoms with van der Waals surface area (Å²) < 4.78 is 0. The van der Waals surface area contributed by atoms with Crippen molar-refractivity contribution in [2.24, 2.45) is 0 Å². The maximum atomic E-state index is 3.85. The molecule has 2 aliphatic rings. The van der Waals surface area contributed by atoms with E-state index in [-0.39, 0.29) is 0 Å². The summed E-state index contributed by atoms with van der Waals surface area (Å²) in [6.45, 7) is 18.2. The van der Waals surface area contributed by atoms with Gasteiger partial charge in [-0.2, -0.15) is 0 Å². The highest BCUT2D eigenvalue weighted by Crippen LogP contribution is 2.51. The van der Waals surface area contributed by atoms with Gasteiger partial charge in [0, 0.05) is 0 Å². The van der Waals surface area contributed by atoms with Crippen LogP contribution in [0.4, 0.5) is 0 Å². The van der Waals surface area contributed by atoms with Crippen molar-refractivity contribution in [3.63, 3.8) is 0 Å². The molecular formula is C19H28Si. The first-order chi connectivity index (χ1) is 9.30. The maximum Gasteiger partial charge on any atom is 0.0706 e. The lowest BCUT2D eigenvalue weighted by atomic mass is 10.1. The van der Waals surface area contributed by atoms with Crippen molar-refractivity contribution in [2.45, 2.75) is 58.3 Å². The van der Waals surface area contributed by atoms with E-state index in [0.29, 0.717) is 11.1 Å². The summed E-state index contributed by atoms with van der Waals surface area (Å²) in [5.74, 6) is 0. The van der Waals surface area contributed by atoms with E-state index >= 15 is 0 Å². The smallest absolute Gasteiger partial charge is 0.0706 e. The van der Waals surface area contributed by atoms with E-state index in [0.717, 1.165) is 6.42 Å². The summed E-state index contributed by atoms with van der Waals surface area (Å²) in [5.41, 5.74) is 9.12. The fourth-order valence-electron chi connectivity index (χ4n) is 3.99. The molecule has 20 heavy (non-hydrogen) atoms. The maximum absolute atomic E-state index is 3.85. The molecule has 0 saturated carbocycles. The molecule has 0 bridgehead atoms. The minimum atomic E-state index is -1.43. The molecule has 0 spiro atoms. The molecular weight excluding hydrogens is 256 g/mol. The quantitative estimate of drug-likeness (QED) is 0.426. The zero-order chi connectivity index (χ0) is 15.1. The Morgan fingerprint density at radius 3 is 2.15 bits per heavy atom. The third-order valence-electron chi connectivity index (χ3n) is 5.51. The standard InChI is InChI=1S/C19H28Si/c1-8-9-17-10-11-18(12-17)20(6,7)19-15(4)13(2)14(3)16(19)5/h8,10-12,18-19H,1,9H2,2-7H3. The van der Waals surface area contributed by atoms with E-state index in [2.05, 4.69) is 65.6 Å². The minimum absolute atomic E-state index is 0.658. The van der Waals surface area contributed by atoms with Crippen molar-refractivity contribution < 1.29 is 0 Å². The van der Waals surface area contributed by atoms with E-state index in [1.807, 2.05) is 6.08 Å². The van der Waals surface area contributed by atoms with E-state index in [9.17, 15) is 0 Å². The molecule has 0 amide bonds. The van der Waals surface area contributed by atoms with Gasteiger partial charge in [-0.15, -0.1) is 6.58 Å². The lowest BCUT2D eigenvalue weighted by Gasteiger charge is -2.36. The van der Waals surface area contributed by atoms with E-state index in [1.165, 1.54) is 16.7 Å². The highest BCUT2D eigenvalue weighted by molar-refractivity contribution is 6.82. The van der Waals surface area contributed by atoms with Gasteiger partial charge in [-0.1, -0.05) is 48.5 Å². The minimum Gasteiger partial charge on any atom is -0.103 e. The van der Waals surface area contributed by atoms with Crippen LogP contribution >= 0.6 is 0 Å². The van der Waals surface area contributed by atoms with Crippen molar-refractivity contribution in [3.05, 3.63) is 58.7 Å². The van der Waals surface area contributed by atoms with Crippen LogP contribution in [0.5, 0.6) is 0 Å². The summed E-state index contributed by atoms with van der Waals surface area (Å²) in [6, 6.07) is 0. The number of rotatable bonds is 4. The summed E-state index contributed by atoms with van der Waals surface area (Å²) in [5, 5.41) is 0. The predicted octanol–water partition coefficient (Wildman–Crippen LogP) is 6.19. The zero-order valence-corrected chi connectivity index (χ0v) is 14.9. The Hall–Kier alpha value is -1.08. The topological polar surface area (TPSA) is 0 Å². The summed E-state index contributed by atoms with van der Waals surface area (Å²) in [4.78, 5) is 0. The van der Waals surface area contributed by atoms with E-state index < -0.39 is 8.07 Å². The first-order valence-electron chi connectivity index (χ1n) is 7.65. The molecule has 0 heterocycles. The third-order valence-corrected chi connectivity index (χ3v) is 9.94. The largest absolute Gasteiger partial charge is 0.103 e. The van der Waals surface area contributed by atoms with Crippen LogP contribution in [0.3, 0.4) is 0 Å². The second-order valence-corrected chi connectivity index (χ2v) is 11.9. The highest BCUT2D eigenvalue weighted by atomic mass is 28.3.